The molecular formula is C23H26N4O2. The highest BCUT2D eigenvalue weighted by molar-refractivity contribution is 5.98. The molecule has 1 atom stereocenters. The summed E-state index contributed by atoms with van der Waals surface area (Å²) in [6.45, 7) is 3.78. The number of pyridine rings is 1. The van der Waals surface area contributed by atoms with Gasteiger partial charge in [0.1, 0.15) is 5.69 Å². The maximum absolute atomic E-state index is 12.8. The lowest BCUT2D eigenvalue weighted by Crippen LogP contribution is -2.42. The molecule has 2 N–H and O–H groups in total. The van der Waals surface area contributed by atoms with E-state index >= 15 is 0 Å². The number of benzene rings is 1. The second kappa shape index (κ2) is 8.47. The summed E-state index contributed by atoms with van der Waals surface area (Å²) < 4.78 is 0. The molecule has 0 bridgehead atoms. The zero-order chi connectivity index (χ0) is 20.2. The molecule has 6 nitrogen and oxygen atoms in total. The fourth-order valence-corrected chi connectivity index (χ4v) is 4.02. The zero-order valence-corrected chi connectivity index (χ0v) is 16.6. The van der Waals surface area contributed by atoms with Crippen LogP contribution in [0.1, 0.15) is 35.9 Å². The van der Waals surface area contributed by atoms with E-state index in [2.05, 4.69) is 15.3 Å². The molecular weight excluding hydrogens is 364 g/mol. The van der Waals surface area contributed by atoms with Crippen LogP contribution in [-0.2, 0) is 11.3 Å². The van der Waals surface area contributed by atoms with Gasteiger partial charge in [0.2, 0.25) is 5.91 Å². The van der Waals surface area contributed by atoms with Gasteiger partial charge in [-0.1, -0.05) is 31.2 Å². The average molecular weight is 390 g/mol. The number of carbonyl (C=O) groups is 2. The number of nitrogens with one attached hydrogen (secondary N) is 2. The van der Waals surface area contributed by atoms with Crippen LogP contribution in [0.4, 0.5) is 0 Å². The summed E-state index contributed by atoms with van der Waals surface area (Å²) in [5, 5.41) is 4.03. The van der Waals surface area contributed by atoms with Crippen molar-refractivity contribution in [3.05, 3.63) is 66.1 Å². The summed E-state index contributed by atoms with van der Waals surface area (Å²) in [4.78, 5) is 34.7. The lowest BCUT2D eigenvalue weighted by atomic mass is 9.84. The van der Waals surface area contributed by atoms with Crippen molar-refractivity contribution in [2.75, 3.05) is 13.1 Å². The third kappa shape index (κ3) is 4.31. The molecule has 0 radical (unpaired) electrons. The van der Waals surface area contributed by atoms with Crippen LogP contribution in [0.2, 0.25) is 0 Å². The van der Waals surface area contributed by atoms with E-state index < -0.39 is 0 Å². The summed E-state index contributed by atoms with van der Waals surface area (Å²) in [6.07, 6.45) is 3.40. The Kier molecular flexibility index (Phi) is 5.60. The number of aromatic nitrogens is 2. The molecule has 1 aliphatic heterocycles. The molecule has 150 valence electrons. The highest BCUT2D eigenvalue weighted by atomic mass is 16.2. The van der Waals surface area contributed by atoms with Gasteiger partial charge >= 0.3 is 0 Å². The van der Waals surface area contributed by atoms with Crippen LogP contribution >= 0.6 is 0 Å². The van der Waals surface area contributed by atoms with Crippen LogP contribution < -0.4 is 5.32 Å². The molecule has 1 fully saturated rings. The Morgan fingerprint density at radius 3 is 2.66 bits per heavy atom. The highest BCUT2D eigenvalue weighted by Gasteiger charge is 2.30. The van der Waals surface area contributed by atoms with E-state index in [0.717, 1.165) is 29.4 Å². The molecule has 3 aromatic rings. The molecule has 3 heterocycles. The molecule has 1 aromatic carbocycles. The van der Waals surface area contributed by atoms with E-state index in [-0.39, 0.29) is 23.7 Å². The zero-order valence-electron chi connectivity index (χ0n) is 16.6. The number of rotatable bonds is 5. The first-order valence-electron chi connectivity index (χ1n) is 10.2. The Labute approximate surface area is 170 Å². The molecule has 1 unspecified atom stereocenters. The second-order valence-corrected chi connectivity index (χ2v) is 7.73. The SMILES string of the molecule is CC(C(=O)NCc1ccccn1)C1CCN(C(=O)c2cc3ccccc3[nH]2)CC1. The summed E-state index contributed by atoms with van der Waals surface area (Å²) in [6, 6.07) is 15.5. The normalized spacial score (nSPS) is 16.0. The van der Waals surface area contributed by atoms with Gasteiger partial charge in [-0.15, -0.1) is 0 Å². The van der Waals surface area contributed by atoms with Crippen LogP contribution in [0.5, 0.6) is 0 Å². The Bertz CT molecular complexity index is 957. The van der Waals surface area contributed by atoms with Gasteiger partial charge in [0.25, 0.3) is 5.91 Å². The lowest BCUT2D eigenvalue weighted by Gasteiger charge is -2.34. The first-order valence-corrected chi connectivity index (χ1v) is 10.2. The molecule has 0 aliphatic carbocycles. The first-order chi connectivity index (χ1) is 14.1. The van der Waals surface area contributed by atoms with Crippen LogP contribution in [0.25, 0.3) is 10.9 Å². The van der Waals surface area contributed by atoms with Crippen LogP contribution in [0.3, 0.4) is 0 Å². The number of fused-ring (bicyclic) bond motifs is 1. The van der Waals surface area contributed by atoms with Crippen molar-refractivity contribution < 1.29 is 9.59 Å². The Morgan fingerprint density at radius 2 is 1.93 bits per heavy atom. The molecule has 2 amide bonds. The number of amides is 2. The fraction of sp³-hybridized carbons (Fsp3) is 0.348. The van der Waals surface area contributed by atoms with E-state index in [1.807, 2.05) is 60.4 Å². The number of hydrogen-bond donors (Lipinski definition) is 2. The first kappa shape index (κ1) is 19.2. The van der Waals surface area contributed by atoms with E-state index in [1.54, 1.807) is 6.20 Å². The Morgan fingerprint density at radius 1 is 1.17 bits per heavy atom. The van der Waals surface area contributed by atoms with Crippen molar-refractivity contribution in [1.29, 1.82) is 0 Å². The summed E-state index contributed by atoms with van der Waals surface area (Å²) in [5.74, 6) is 0.289. The molecule has 6 heteroatoms. The van der Waals surface area contributed by atoms with E-state index in [9.17, 15) is 9.59 Å². The van der Waals surface area contributed by atoms with Crippen molar-refractivity contribution >= 4 is 22.7 Å². The predicted molar refractivity (Wildman–Crippen MR) is 112 cm³/mol. The van der Waals surface area contributed by atoms with Gasteiger partial charge in [-0.25, -0.2) is 0 Å². The minimum atomic E-state index is -0.0796. The second-order valence-electron chi connectivity index (χ2n) is 7.73. The fourth-order valence-electron chi connectivity index (χ4n) is 4.02. The minimum Gasteiger partial charge on any atom is -0.351 e. The topological polar surface area (TPSA) is 78.1 Å². The lowest BCUT2D eigenvalue weighted by molar-refractivity contribution is -0.126. The van der Waals surface area contributed by atoms with E-state index in [0.29, 0.717) is 25.3 Å². The van der Waals surface area contributed by atoms with Crippen molar-refractivity contribution in [2.45, 2.75) is 26.3 Å². The highest BCUT2D eigenvalue weighted by Crippen LogP contribution is 2.26. The van der Waals surface area contributed by atoms with Gasteiger partial charge in [0.15, 0.2) is 0 Å². The number of hydrogen-bond acceptors (Lipinski definition) is 3. The van der Waals surface area contributed by atoms with Crippen LogP contribution in [-0.4, -0.2) is 39.8 Å². The molecule has 0 saturated carbocycles. The number of H-pyrrole nitrogens is 1. The number of para-hydroxylation sites is 1. The molecule has 4 rings (SSSR count). The molecule has 1 saturated heterocycles. The molecule has 1 aliphatic rings. The summed E-state index contributed by atoms with van der Waals surface area (Å²) >= 11 is 0. The van der Waals surface area contributed by atoms with Crippen molar-refractivity contribution in [2.24, 2.45) is 11.8 Å². The maximum atomic E-state index is 12.8. The third-order valence-electron chi connectivity index (χ3n) is 5.88. The molecule has 2 aromatic heterocycles. The van der Waals surface area contributed by atoms with Crippen molar-refractivity contribution in [3.63, 3.8) is 0 Å². The molecule has 0 spiro atoms. The average Bonchev–Trinajstić information content (AvgIpc) is 3.21. The predicted octanol–water partition coefficient (Wildman–Crippen LogP) is 3.37. The van der Waals surface area contributed by atoms with Crippen molar-refractivity contribution in [1.82, 2.24) is 20.2 Å². The monoisotopic (exact) mass is 390 g/mol. The quantitative estimate of drug-likeness (QED) is 0.701. The van der Waals surface area contributed by atoms with Crippen molar-refractivity contribution in [3.8, 4) is 0 Å². The van der Waals surface area contributed by atoms with Gasteiger partial charge in [0, 0.05) is 36.1 Å². The van der Waals surface area contributed by atoms with Gasteiger partial charge in [-0.2, -0.15) is 0 Å². The van der Waals surface area contributed by atoms with E-state index in [1.165, 1.54) is 0 Å². The summed E-state index contributed by atoms with van der Waals surface area (Å²) in [5.41, 5.74) is 2.46. The number of nitrogens with zero attached hydrogens (tertiary/aromatic N) is 2. The maximum Gasteiger partial charge on any atom is 0.270 e. The van der Waals surface area contributed by atoms with E-state index in [4.69, 9.17) is 0 Å². The van der Waals surface area contributed by atoms with Gasteiger partial charge in [-0.3, -0.25) is 14.6 Å². The number of carbonyl (C=O) groups excluding carboxylic acids is 2. The van der Waals surface area contributed by atoms with Gasteiger partial charge in [0.05, 0.1) is 12.2 Å². The minimum absolute atomic E-state index is 0.0342. The standard InChI is InChI=1S/C23H26N4O2/c1-16(22(28)25-15-19-7-4-5-11-24-19)17-9-12-27(13-10-17)23(29)21-14-18-6-2-3-8-20(18)26-21/h2-8,11,14,16-17,26H,9-10,12-13,15H2,1H3,(H,25,28). The molecule has 29 heavy (non-hydrogen) atoms. The number of aromatic amines is 1. The summed E-state index contributed by atoms with van der Waals surface area (Å²) in [7, 11) is 0. The number of piperidine rings is 1. The largest absolute Gasteiger partial charge is 0.351 e. The van der Waals surface area contributed by atoms with Crippen LogP contribution in [0, 0.1) is 11.8 Å². The smallest absolute Gasteiger partial charge is 0.270 e. The third-order valence-corrected chi connectivity index (χ3v) is 5.88. The number of likely N-dealkylation sites (tertiary alicyclic amines) is 1. The van der Waals surface area contributed by atoms with Gasteiger partial charge < -0.3 is 15.2 Å². The Hall–Kier alpha value is -3.15. The van der Waals surface area contributed by atoms with Gasteiger partial charge in [-0.05, 0) is 43.0 Å². The van der Waals surface area contributed by atoms with Crippen LogP contribution in [0.15, 0.2) is 54.7 Å². The Balaban J connectivity index is 1.30.